The molecule has 1 aliphatic heterocycles. The van der Waals surface area contributed by atoms with Gasteiger partial charge in [0.2, 0.25) is 21.8 Å². The number of amides is 3. The van der Waals surface area contributed by atoms with Gasteiger partial charge in [0.05, 0.1) is 16.4 Å². The summed E-state index contributed by atoms with van der Waals surface area (Å²) in [5.74, 6) is -1.79. The molecule has 230 valence electrons. The minimum absolute atomic E-state index is 0.0130. The second-order valence-electron chi connectivity index (χ2n) is 9.99. The fourth-order valence-corrected chi connectivity index (χ4v) is 5.79. The Hall–Kier alpha value is -3.65. The number of carbonyl (C=O) groups is 3. The zero-order valence-electron chi connectivity index (χ0n) is 23.4. The van der Waals surface area contributed by atoms with Gasteiger partial charge in [-0.2, -0.15) is 17.5 Å². The average Bonchev–Trinajstić information content (AvgIpc) is 3.10. The van der Waals surface area contributed by atoms with Crippen molar-refractivity contribution in [1.29, 1.82) is 0 Å². The van der Waals surface area contributed by atoms with E-state index in [1.807, 2.05) is 25.1 Å². The molecule has 42 heavy (non-hydrogen) atoms. The first-order valence-corrected chi connectivity index (χ1v) is 14.9. The van der Waals surface area contributed by atoms with Crippen LogP contribution in [0.3, 0.4) is 0 Å². The van der Waals surface area contributed by atoms with Crippen LogP contribution in [0.5, 0.6) is 0 Å². The number of nitrogens with one attached hydrogen (secondary N) is 2. The average molecular weight is 613 g/mol. The molecule has 1 saturated heterocycles. The van der Waals surface area contributed by atoms with E-state index in [2.05, 4.69) is 10.6 Å². The Balaban J connectivity index is 1.69. The Morgan fingerprint density at radius 1 is 1.07 bits per heavy atom. The zero-order valence-corrected chi connectivity index (χ0v) is 24.2. The van der Waals surface area contributed by atoms with Crippen LogP contribution >= 0.6 is 0 Å². The first kappa shape index (κ1) is 32.9. The molecular weight excluding hydrogens is 577 g/mol. The predicted molar refractivity (Wildman–Crippen MR) is 147 cm³/mol. The number of rotatable bonds is 11. The van der Waals surface area contributed by atoms with E-state index in [1.54, 1.807) is 12.1 Å². The molecule has 0 unspecified atom stereocenters. The number of unbranched alkanes of at least 4 members (excludes halogenated alkanes) is 1. The van der Waals surface area contributed by atoms with E-state index in [0.29, 0.717) is 25.0 Å². The van der Waals surface area contributed by atoms with Gasteiger partial charge in [-0.25, -0.2) is 13.2 Å². The second-order valence-corrected chi connectivity index (χ2v) is 11.9. The van der Waals surface area contributed by atoms with E-state index in [0.717, 1.165) is 28.4 Å². The molecular formula is C28H35F3N4O6S. The zero-order chi connectivity index (χ0) is 30.9. The smallest absolute Gasteiger partial charge is 0.416 e. The van der Waals surface area contributed by atoms with Crippen molar-refractivity contribution in [2.75, 3.05) is 33.2 Å². The fraction of sp³-hybridized carbons (Fsp3) is 0.464. The normalized spacial score (nSPS) is 17.3. The molecule has 0 aromatic heterocycles. The van der Waals surface area contributed by atoms with Crippen LogP contribution in [0.25, 0.3) is 0 Å². The van der Waals surface area contributed by atoms with Crippen molar-refractivity contribution in [1.82, 2.24) is 19.8 Å². The van der Waals surface area contributed by atoms with E-state index in [9.17, 15) is 36.0 Å². The molecule has 0 bridgehead atoms. The van der Waals surface area contributed by atoms with Gasteiger partial charge in [-0.1, -0.05) is 50.1 Å². The summed E-state index contributed by atoms with van der Waals surface area (Å²) in [7, 11) is -2.82. The highest BCUT2D eigenvalue weighted by atomic mass is 32.2. The van der Waals surface area contributed by atoms with Crippen molar-refractivity contribution in [3.63, 3.8) is 0 Å². The van der Waals surface area contributed by atoms with Crippen LogP contribution < -0.4 is 10.6 Å². The van der Waals surface area contributed by atoms with Gasteiger partial charge in [0.15, 0.2) is 0 Å². The number of ether oxygens (including phenoxy) is 1. The van der Waals surface area contributed by atoms with E-state index in [4.69, 9.17) is 4.74 Å². The third-order valence-corrected chi connectivity index (χ3v) is 8.74. The van der Waals surface area contributed by atoms with Crippen molar-refractivity contribution in [2.24, 2.45) is 5.92 Å². The topological polar surface area (TPSA) is 125 Å². The molecule has 2 N–H and O–H groups in total. The van der Waals surface area contributed by atoms with Gasteiger partial charge in [0, 0.05) is 33.2 Å². The van der Waals surface area contributed by atoms with E-state index in [1.165, 1.54) is 11.9 Å². The molecule has 2 aromatic carbocycles. The minimum Gasteiger partial charge on any atom is -0.445 e. The van der Waals surface area contributed by atoms with Gasteiger partial charge in [-0.05, 0) is 36.2 Å². The summed E-state index contributed by atoms with van der Waals surface area (Å²) < 4.78 is 71.7. The summed E-state index contributed by atoms with van der Waals surface area (Å²) in [5.41, 5.74) is -0.201. The summed E-state index contributed by atoms with van der Waals surface area (Å²) in [5, 5.41) is 5.21. The fourth-order valence-electron chi connectivity index (χ4n) is 4.35. The first-order valence-electron chi connectivity index (χ1n) is 13.5. The Bertz CT molecular complexity index is 1320. The molecule has 3 rings (SSSR count). The molecule has 14 heteroatoms. The second kappa shape index (κ2) is 14.5. The van der Waals surface area contributed by atoms with E-state index >= 15 is 0 Å². The van der Waals surface area contributed by atoms with Gasteiger partial charge in [-0.3, -0.25) is 9.59 Å². The van der Waals surface area contributed by atoms with Crippen LogP contribution in [0.2, 0.25) is 0 Å². The Labute approximate surface area is 243 Å². The number of likely N-dealkylation sites (N-methyl/N-ethyl adjacent to an activating group) is 1. The van der Waals surface area contributed by atoms with Crippen LogP contribution in [0, 0.1) is 5.92 Å². The lowest BCUT2D eigenvalue weighted by Gasteiger charge is -2.25. The standard InChI is InChI=1S/C28H35F3N4O6S/c1-3-4-10-21(17-32-27(38)41-19-20-8-6-5-7-9-20)25(36)33-24-18-35(16-15-34(2)26(24)37)42(39,40)23-13-11-22(12-14-23)28(29,30)31/h5-9,11-14,21,24H,3-4,10,15-19H2,1-2H3,(H,32,38)(H,33,36)/t21-,24+/m1/s1. The summed E-state index contributed by atoms with van der Waals surface area (Å²) in [6.07, 6.45) is -3.52. The third-order valence-electron chi connectivity index (χ3n) is 6.86. The minimum atomic E-state index is -4.63. The maximum Gasteiger partial charge on any atom is 0.416 e. The summed E-state index contributed by atoms with van der Waals surface area (Å²) in [6, 6.07) is 10.9. The highest BCUT2D eigenvalue weighted by Gasteiger charge is 2.37. The number of hydrogen-bond donors (Lipinski definition) is 2. The first-order chi connectivity index (χ1) is 19.8. The lowest BCUT2D eigenvalue weighted by molar-refractivity contribution is -0.137. The van der Waals surface area contributed by atoms with Gasteiger partial charge in [-0.15, -0.1) is 0 Å². The number of nitrogens with zero attached hydrogens (tertiary/aromatic N) is 2. The number of sulfonamides is 1. The van der Waals surface area contributed by atoms with Crippen LogP contribution in [-0.4, -0.2) is 74.8 Å². The Morgan fingerprint density at radius 3 is 2.36 bits per heavy atom. The summed E-state index contributed by atoms with van der Waals surface area (Å²) in [4.78, 5) is 39.5. The van der Waals surface area contributed by atoms with Crippen molar-refractivity contribution in [3.05, 3.63) is 65.7 Å². The highest BCUT2D eigenvalue weighted by Crippen LogP contribution is 2.30. The maximum absolute atomic E-state index is 13.3. The molecule has 0 radical (unpaired) electrons. The molecule has 0 aliphatic carbocycles. The largest absolute Gasteiger partial charge is 0.445 e. The summed E-state index contributed by atoms with van der Waals surface area (Å²) >= 11 is 0. The number of alkyl carbamates (subject to hydrolysis) is 1. The number of carbonyl (C=O) groups excluding carboxylic acids is 3. The maximum atomic E-state index is 13.3. The lowest BCUT2D eigenvalue weighted by atomic mass is 10.0. The monoisotopic (exact) mass is 612 g/mol. The van der Waals surface area contributed by atoms with Gasteiger partial charge < -0.3 is 20.3 Å². The van der Waals surface area contributed by atoms with Crippen LogP contribution in [0.15, 0.2) is 59.5 Å². The number of halogens is 3. The molecule has 1 heterocycles. The van der Waals surface area contributed by atoms with Crippen LogP contribution in [-0.2, 0) is 37.1 Å². The van der Waals surface area contributed by atoms with Crippen LogP contribution in [0.1, 0.15) is 37.3 Å². The molecule has 3 amide bonds. The van der Waals surface area contributed by atoms with Gasteiger partial charge in [0.1, 0.15) is 12.6 Å². The number of benzene rings is 2. The third kappa shape index (κ3) is 8.92. The molecule has 0 saturated carbocycles. The molecule has 1 fully saturated rings. The quantitative estimate of drug-likeness (QED) is 0.401. The Morgan fingerprint density at radius 2 is 1.74 bits per heavy atom. The predicted octanol–water partition coefficient (Wildman–Crippen LogP) is 3.39. The van der Waals surface area contributed by atoms with Gasteiger partial charge >= 0.3 is 12.3 Å². The lowest BCUT2D eigenvalue weighted by Crippen LogP contribution is -2.53. The SMILES string of the molecule is CCCC[C@H](CNC(=O)OCc1ccccc1)C(=O)N[C@H]1CN(S(=O)(=O)c2ccc(C(F)(F)F)cc2)CCN(C)C1=O. The molecule has 2 atom stereocenters. The van der Waals surface area contributed by atoms with Crippen molar-refractivity contribution in [3.8, 4) is 0 Å². The molecule has 1 aliphatic rings. The van der Waals surface area contributed by atoms with Gasteiger partial charge in [0.25, 0.3) is 0 Å². The molecule has 2 aromatic rings. The number of alkyl halides is 3. The molecule has 0 spiro atoms. The van der Waals surface area contributed by atoms with E-state index in [-0.39, 0.29) is 31.1 Å². The van der Waals surface area contributed by atoms with Crippen molar-refractivity contribution < 1.29 is 40.7 Å². The van der Waals surface area contributed by atoms with Crippen molar-refractivity contribution >= 4 is 27.9 Å². The molecule has 10 nitrogen and oxygen atoms in total. The van der Waals surface area contributed by atoms with Crippen molar-refractivity contribution in [2.45, 2.75) is 49.9 Å². The summed E-state index contributed by atoms with van der Waals surface area (Å²) in [6.45, 7) is 1.40. The van der Waals surface area contributed by atoms with E-state index < -0.39 is 58.2 Å². The Kier molecular flexibility index (Phi) is 11.3. The highest BCUT2D eigenvalue weighted by molar-refractivity contribution is 7.89. The van der Waals surface area contributed by atoms with Crippen LogP contribution in [0.4, 0.5) is 18.0 Å². The number of hydrogen-bond acceptors (Lipinski definition) is 6.